The maximum absolute atomic E-state index is 12.9. The SMILES string of the molecule is O=C1NC(=O)N(c2ccc(Cl)cc2)C(=O)/C1=C/c1ccc(-c2ccc(Cl)c([N+](=O)[O-])c2)o1. The molecule has 1 saturated heterocycles. The van der Waals surface area contributed by atoms with Crippen LogP contribution in [0.5, 0.6) is 0 Å². The fourth-order valence-corrected chi connectivity index (χ4v) is 3.33. The van der Waals surface area contributed by atoms with Gasteiger partial charge in [0.2, 0.25) is 0 Å². The number of amides is 4. The van der Waals surface area contributed by atoms with E-state index in [0.29, 0.717) is 10.6 Å². The molecule has 0 atom stereocenters. The molecule has 0 aliphatic carbocycles. The first-order chi connectivity index (χ1) is 15.2. The van der Waals surface area contributed by atoms with Crippen molar-refractivity contribution in [1.29, 1.82) is 0 Å². The van der Waals surface area contributed by atoms with Gasteiger partial charge in [-0.1, -0.05) is 23.2 Å². The van der Waals surface area contributed by atoms with Crippen molar-refractivity contribution >= 4 is 58.5 Å². The monoisotopic (exact) mass is 471 g/mol. The van der Waals surface area contributed by atoms with E-state index < -0.39 is 22.8 Å². The summed E-state index contributed by atoms with van der Waals surface area (Å²) in [5.74, 6) is -1.35. The van der Waals surface area contributed by atoms with Crippen LogP contribution in [0.25, 0.3) is 17.4 Å². The van der Waals surface area contributed by atoms with Gasteiger partial charge in [-0.2, -0.15) is 0 Å². The number of urea groups is 1. The molecule has 4 rings (SSSR count). The van der Waals surface area contributed by atoms with E-state index in [-0.39, 0.29) is 33.5 Å². The maximum atomic E-state index is 12.9. The summed E-state index contributed by atoms with van der Waals surface area (Å²) >= 11 is 11.7. The molecule has 1 fully saturated rings. The molecule has 4 amide bonds. The lowest BCUT2D eigenvalue weighted by Crippen LogP contribution is -2.54. The Bertz CT molecular complexity index is 1310. The van der Waals surface area contributed by atoms with Gasteiger partial charge in [0.05, 0.1) is 10.6 Å². The first-order valence-electron chi connectivity index (χ1n) is 8.96. The van der Waals surface area contributed by atoms with Gasteiger partial charge in [-0.15, -0.1) is 0 Å². The van der Waals surface area contributed by atoms with Crippen molar-refractivity contribution in [3.05, 3.63) is 86.1 Å². The van der Waals surface area contributed by atoms with Crippen LogP contribution >= 0.6 is 23.2 Å². The molecular formula is C21H11Cl2N3O6. The normalized spacial score (nSPS) is 15.2. The van der Waals surface area contributed by atoms with Crippen LogP contribution in [0.15, 0.2) is 64.6 Å². The molecule has 0 saturated carbocycles. The number of barbiturate groups is 1. The number of furan rings is 1. The van der Waals surface area contributed by atoms with Crippen LogP contribution in [-0.2, 0) is 9.59 Å². The number of hydrogen-bond acceptors (Lipinski definition) is 6. The third-order valence-corrected chi connectivity index (χ3v) is 5.10. The highest BCUT2D eigenvalue weighted by molar-refractivity contribution is 6.39. The average molecular weight is 472 g/mol. The maximum Gasteiger partial charge on any atom is 0.335 e. The van der Waals surface area contributed by atoms with E-state index in [9.17, 15) is 24.5 Å². The highest BCUT2D eigenvalue weighted by atomic mass is 35.5. The smallest absolute Gasteiger partial charge is 0.335 e. The number of nitro benzene ring substituents is 1. The van der Waals surface area contributed by atoms with Crippen LogP contribution in [0, 0.1) is 10.1 Å². The summed E-state index contributed by atoms with van der Waals surface area (Å²) in [4.78, 5) is 48.7. The van der Waals surface area contributed by atoms with Crippen molar-refractivity contribution < 1.29 is 23.7 Å². The molecule has 0 radical (unpaired) electrons. The number of carbonyl (C=O) groups is 3. The zero-order chi connectivity index (χ0) is 23.0. The molecule has 0 unspecified atom stereocenters. The molecule has 3 aromatic rings. The van der Waals surface area contributed by atoms with Crippen LogP contribution in [0.3, 0.4) is 0 Å². The number of carbonyl (C=O) groups excluding carboxylic acids is 3. The second kappa shape index (κ2) is 8.29. The van der Waals surface area contributed by atoms with E-state index in [1.807, 2.05) is 0 Å². The largest absolute Gasteiger partial charge is 0.457 e. The Kier molecular flexibility index (Phi) is 5.52. The Hall–Kier alpha value is -3.95. The third kappa shape index (κ3) is 3.98. The predicted octanol–water partition coefficient (Wildman–Crippen LogP) is 4.83. The molecule has 1 N–H and O–H groups in total. The molecule has 9 nitrogen and oxygen atoms in total. The van der Waals surface area contributed by atoms with E-state index in [2.05, 4.69) is 5.32 Å². The van der Waals surface area contributed by atoms with Crippen molar-refractivity contribution in [1.82, 2.24) is 5.32 Å². The number of imide groups is 2. The number of hydrogen-bond donors (Lipinski definition) is 1. The number of benzene rings is 2. The van der Waals surface area contributed by atoms with E-state index >= 15 is 0 Å². The van der Waals surface area contributed by atoms with Gasteiger partial charge in [-0.3, -0.25) is 25.0 Å². The first-order valence-corrected chi connectivity index (χ1v) is 9.71. The first kappa shape index (κ1) is 21.3. The van der Waals surface area contributed by atoms with Crippen molar-refractivity contribution in [3.63, 3.8) is 0 Å². The van der Waals surface area contributed by atoms with Gasteiger partial charge in [-0.25, -0.2) is 9.69 Å². The zero-order valence-corrected chi connectivity index (χ0v) is 17.4. The second-order valence-electron chi connectivity index (χ2n) is 6.56. The number of halogens is 2. The Morgan fingerprint density at radius 1 is 1.00 bits per heavy atom. The van der Waals surface area contributed by atoms with Crippen LogP contribution in [0.1, 0.15) is 5.76 Å². The Labute approximate surface area is 190 Å². The Balaban J connectivity index is 1.67. The minimum absolute atomic E-state index is 0.0240. The zero-order valence-electron chi connectivity index (χ0n) is 15.9. The standard InChI is InChI=1S/C21H11Cl2N3O6/c22-12-2-4-13(5-3-12)25-20(28)15(19(27)24-21(25)29)10-14-6-8-18(32-14)11-1-7-16(23)17(9-11)26(30)31/h1-10H,(H,24,27,29)/b15-10+. The third-order valence-electron chi connectivity index (χ3n) is 4.53. The van der Waals surface area contributed by atoms with Crippen molar-refractivity contribution in [3.8, 4) is 11.3 Å². The van der Waals surface area contributed by atoms with Gasteiger partial charge in [-0.05, 0) is 54.6 Å². The van der Waals surface area contributed by atoms with E-state index in [1.165, 1.54) is 60.7 Å². The second-order valence-corrected chi connectivity index (χ2v) is 7.40. The predicted molar refractivity (Wildman–Crippen MR) is 116 cm³/mol. The van der Waals surface area contributed by atoms with Gasteiger partial charge in [0.1, 0.15) is 22.1 Å². The number of nitrogens with zero attached hydrogens (tertiary/aromatic N) is 2. The summed E-state index contributed by atoms with van der Waals surface area (Å²) in [6.45, 7) is 0. The van der Waals surface area contributed by atoms with Crippen LogP contribution in [0.2, 0.25) is 10.0 Å². The molecule has 2 aromatic carbocycles. The van der Waals surface area contributed by atoms with Gasteiger partial charge < -0.3 is 4.42 Å². The van der Waals surface area contributed by atoms with E-state index in [0.717, 1.165) is 4.90 Å². The van der Waals surface area contributed by atoms with Gasteiger partial charge >= 0.3 is 6.03 Å². The number of nitro groups is 1. The summed E-state index contributed by atoms with van der Waals surface area (Å²) in [6, 6.07) is 12.2. The molecule has 1 aliphatic rings. The molecule has 0 bridgehead atoms. The Morgan fingerprint density at radius 3 is 2.41 bits per heavy atom. The fourth-order valence-electron chi connectivity index (χ4n) is 3.02. The lowest BCUT2D eigenvalue weighted by molar-refractivity contribution is -0.384. The quantitative estimate of drug-likeness (QED) is 0.251. The molecule has 1 aromatic heterocycles. The summed E-state index contributed by atoms with van der Waals surface area (Å²) in [5.41, 5.74) is -0.0194. The average Bonchev–Trinajstić information content (AvgIpc) is 3.21. The van der Waals surface area contributed by atoms with Crippen molar-refractivity contribution in [2.24, 2.45) is 0 Å². The van der Waals surface area contributed by atoms with Gasteiger partial charge in [0.15, 0.2) is 0 Å². The summed E-state index contributed by atoms with van der Waals surface area (Å²) in [6.07, 6.45) is 1.18. The number of nitrogens with one attached hydrogen (secondary N) is 1. The minimum Gasteiger partial charge on any atom is -0.457 e. The summed E-state index contributed by atoms with van der Waals surface area (Å²) in [7, 11) is 0. The minimum atomic E-state index is -0.895. The summed E-state index contributed by atoms with van der Waals surface area (Å²) in [5, 5.41) is 13.6. The fraction of sp³-hybridized carbons (Fsp3) is 0. The van der Waals surface area contributed by atoms with Crippen LogP contribution < -0.4 is 10.2 Å². The van der Waals surface area contributed by atoms with Crippen molar-refractivity contribution in [2.45, 2.75) is 0 Å². The lowest BCUT2D eigenvalue weighted by Gasteiger charge is -2.26. The van der Waals surface area contributed by atoms with Crippen LogP contribution in [-0.4, -0.2) is 22.8 Å². The highest BCUT2D eigenvalue weighted by Gasteiger charge is 2.37. The van der Waals surface area contributed by atoms with E-state index in [4.69, 9.17) is 27.6 Å². The highest BCUT2D eigenvalue weighted by Crippen LogP contribution is 2.32. The molecule has 11 heteroatoms. The lowest BCUT2D eigenvalue weighted by atomic mass is 10.1. The molecule has 32 heavy (non-hydrogen) atoms. The molecule has 1 aliphatic heterocycles. The summed E-state index contributed by atoms with van der Waals surface area (Å²) < 4.78 is 5.63. The van der Waals surface area contributed by atoms with Gasteiger partial charge in [0, 0.05) is 16.7 Å². The molecular weight excluding hydrogens is 461 g/mol. The Morgan fingerprint density at radius 2 is 1.72 bits per heavy atom. The van der Waals surface area contributed by atoms with Gasteiger partial charge in [0.25, 0.3) is 17.5 Å². The molecule has 160 valence electrons. The number of anilines is 1. The molecule has 2 heterocycles. The molecule has 0 spiro atoms. The van der Waals surface area contributed by atoms with Crippen LogP contribution in [0.4, 0.5) is 16.2 Å². The van der Waals surface area contributed by atoms with E-state index in [1.54, 1.807) is 0 Å². The van der Waals surface area contributed by atoms with Crippen molar-refractivity contribution in [2.75, 3.05) is 4.90 Å². The topological polar surface area (TPSA) is 123 Å². The number of rotatable bonds is 4.